The fourth-order valence-corrected chi connectivity index (χ4v) is 2.55. The van der Waals surface area contributed by atoms with Crippen LogP contribution in [0.3, 0.4) is 0 Å². The third kappa shape index (κ3) is 3.61. The van der Waals surface area contributed by atoms with Crippen molar-refractivity contribution in [2.24, 2.45) is 11.8 Å². The van der Waals surface area contributed by atoms with E-state index in [1.54, 1.807) is 24.3 Å². The molecule has 0 saturated heterocycles. The number of nitrogens with one attached hydrogen (secondary N) is 2. The van der Waals surface area contributed by atoms with Crippen LogP contribution in [-0.2, 0) is 9.59 Å². The van der Waals surface area contributed by atoms with Gasteiger partial charge in [-0.2, -0.15) is 5.26 Å². The van der Waals surface area contributed by atoms with Crippen molar-refractivity contribution in [1.29, 1.82) is 5.26 Å². The molecule has 3 rings (SSSR count). The van der Waals surface area contributed by atoms with Gasteiger partial charge in [0, 0.05) is 11.4 Å². The van der Waals surface area contributed by atoms with Gasteiger partial charge in [-0.3, -0.25) is 9.59 Å². The summed E-state index contributed by atoms with van der Waals surface area (Å²) in [5.74, 6) is -0.939. The molecule has 2 aromatic rings. The average Bonchev–Trinajstić information content (AvgIpc) is 3.38. The minimum Gasteiger partial charge on any atom is -0.326 e. The fourth-order valence-electron chi connectivity index (χ4n) is 2.55. The van der Waals surface area contributed by atoms with Crippen LogP contribution in [0.2, 0.25) is 0 Å². The first kappa shape index (κ1) is 15.8. The van der Waals surface area contributed by atoms with Crippen LogP contribution in [0.5, 0.6) is 0 Å². The molecule has 120 valence electrons. The summed E-state index contributed by atoms with van der Waals surface area (Å²) in [6.07, 6.45) is 0.543. The molecule has 1 aliphatic carbocycles. The van der Waals surface area contributed by atoms with E-state index in [1.807, 2.05) is 37.3 Å². The second-order valence-electron chi connectivity index (χ2n) is 5.99. The second-order valence-corrected chi connectivity index (χ2v) is 5.99. The predicted octanol–water partition coefficient (Wildman–Crippen LogP) is 3.08. The lowest BCUT2D eigenvalue weighted by atomic mass is 10.2. The molecule has 0 aromatic heterocycles. The Hall–Kier alpha value is -3.13. The standard InChI is InChI=1S/C19H17N3O2/c1-12-5-7-14(8-6-12)21-18(23)16-10-17(16)19(24)22-15-4-2-3-13(9-15)11-20/h2-9,16-17H,10H2,1H3,(H,21,23)(H,22,24). The highest BCUT2D eigenvalue weighted by atomic mass is 16.2. The van der Waals surface area contributed by atoms with Crippen LogP contribution in [0, 0.1) is 30.1 Å². The highest BCUT2D eigenvalue weighted by molar-refractivity contribution is 6.03. The Balaban J connectivity index is 1.56. The van der Waals surface area contributed by atoms with E-state index in [-0.39, 0.29) is 23.7 Å². The third-order valence-electron chi connectivity index (χ3n) is 4.04. The molecule has 0 radical (unpaired) electrons. The summed E-state index contributed by atoms with van der Waals surface area (Å²) in [6, 6.07) is 16.3. The van der Waals surface area contributed by atoms with Crippen LogP contribution >= 0.6 is 0 Å². The lowest BCUT2D eigenvalue weighted by molar-refractivity contribution is -0.122. The Kier molecular flexibility index (Phi) is 4.30. The Morgan fingerprint density at radius 2 is 1.62 bits per heavy atom. The summed E-state index contributed by atoms with van der Waals surface area (Å²) < 4.78 is 0. The molecule has 5 nitrogen and oxygen atoms in total. The summed E-state index contributed by atoms with van der Waals surface area (Å²) in [6.45, 7) is 1.98. The van der Waals surface area contributed by atoms with E-state index in [2.05, 4.69) is 10.6 Å². The van der Waals surface area contributed by atoms with Crippen molar-refractivity contribution >= 4 is 23.2 Å². The minimum atomic E-state index is -0.318. The first-order valence-corrected chi connectivity index (χ1v) is 7.75. The fraction of sp³-hybridized carbons (Fsp3) is 0.211. The lowest BCUT2D eigenvalue weighted by Crippen LogP contribution is -2.20. The number of hydrogen-bond acceptors (Lipinski definition) is 3. The summed E-state index contributed by atoms with van der Waals surface area (Å²) in [7, 11) is 0. The van der Waals surface area contributed by atoms with Gasteiger partial charge in [0.25, 0.3) is 0 Å². The zero-order chi connectivity index (χ0) is 17.1. The molecule has 5 heteroatoms. The molecule has 0 bridgehead atoms. The number of carbonyl (C=O) groups is 2. The van der Waals surface area contributed by atoms with Crippen molar-refractivity contribution in [3.05, 3.63) is 59.7 Å². The van der Waals surface area contributed by atoms with Gasteiger partial charge in [0.1, 0.15) is 0 Å². The van der Waals surface area contributed by atoms with Crippen LogP contribution < -0.4 is 10.6 Å². The van der Waals surface area contributed by atoms with E-state index in [0.29, 0.717) is 17.7 Å². The van der Waals surface area contributed by atoms with E-state index in [4.69, 9.17) is 5.26 Å². The Morgan fingerprint density at radius 1 is 1.00 bits per heavy atom. The Morgan fingerprint density at radius 3 is 2.25 bits per heavy atom. The molecule has 1 aliphatic rings. The normalized spacial score (nSPS) is 18.3. The van der Waals surface area contributed by atoms with Gasteiger partial charge in [-0.15, -0.1) is 0 Å². The monoisotopic (exact) mass is 319 g/mol. The number of hydrogen-bond donors (Lipinski definition) is 2. The number of rotatable bonds is 4. The van der Waals surface area contributed by atoms with E-state index >= 15 is 0 Å². The number of benzene rings is 2. The average molecular weight is 319 g/mol. The lowest BCUT2D eigenvalue weighted by Gasteiger charge is -2.06. The quantitative estimate of drug-likeness (QED) is 0.908. The summed E-state index contributed by atoms with van der Waals surface area (Å²) in [5, 5.41) is 14.5. The van der Waals surface area contributed by atoms with E-state index in [9.17, 15) is 9.59 Å². The molecule has 0 aliphatic heterocycles. The second kappa shape index (κ2) is 6.55. The molecule has 2 unspecified atom stereocenters. The van der Waals surface area contributed by atoms with Crippen LogP contribution in [0.4, 0.5) is 11.4 Å². The first-order valence-electron chi connectivity index (χ1n) is 7.75. The third-order valence-corrected chi connectivity index (χ3v) is 4.04. The molecule has 2 aromatic carbocycles. The molecule has 2 amide bonds. The molecule has 2 atom stereocenters. The maximum absolute atomic E-state index is 12.2. The van der Waals surface area contributed by atoms with Gasteiger partial charge in [-0.25, -0.2) is 0 Å². The number of amides is 2. The molecule has 24 heavy (non-hydrogen) atoms. The number of nitrogens with zero attached hydrogens (tertiary/aromatic N) is 1. The maximum atomic E-state index is 12.2. The highest BCUT2D eigenvalue weighted by Gasteiger charge is 2.48. The number of carbonyl (C=O) groups excluding carboxylic acids is 2. The van der Waals surface area contributed by atoms with Gasteiger partial charge in [-0.05, 0) is 43.7 Å². The SMILES string of the molecule is Cc1ccc(NC(=O)C2CC2C(=O)Nc2cccc(C#N)c2)cc1. The zero-order valence-electron chi connectivity index (χ0n) is 13.2. The smallest absolute Gasteiger partial charge is 0.228 e. The van der Waals surface area contributed by atoms with Crippen molar-refractivity contribution in [2.75, 3.05) is 10.6 Å². The van der Waals surface area contributed by atoms with Crippen molar-refractivity contribution in [3.63, 3.8) is 0 Å². The summed E-state index contributed by atoms with van der Waals surface area (Å²) in [4.78, 5) is 24.4. The van der Waals surface area contributed by atoms with E-state index < -0.39 is 0 Å². The maximum Gasteiger partial charge on any atom is 0.228 e. The molecule has 0 spiro atoms. The van der Waals surface area contributed by atoms with Crippen LogP contribution in [0.15, 0.2) is 48.5 Å². The Bertz CT molecular complexity index is 821. The molecular formula is C19H17N3O2. The summed E-state index contributed by atoms with van der Waals surface area (Å²) in [5.41, 5.74) is 2.91. The van der Waals surface area contributed by atoms with Crippen LogP contribution in [0.1, 0.15) is 17.5 Å². The van der Waals surface area contributed by atoms with Crippen molar-refractivity contribution in [3.8, 4) is 6.07 Å². The van der Waals surface area contributed by atoms with Crippen molar-refractivity contribution in [1.82, 2.24) is 0 Å². The van der Waals surface area contributed by atoms with Gasteiger partial charge in [-0.1, -0.05) is 23.8 Å². The summed E-state index contributed by atoms with van der Waals surface area (Å²) >= 11 is 0. The predicted molar refractivity (Wildman–Crippen MR) is 91.2 cm³/mol. The largest absolute Gasteiger partial charge is 0.326 e. The van der Waals surface area contributed by atoms with Gasteiger partial charge in [0.15, 0.2) is 0 Å². The van der Waals surface area contributed by atoms with E-state index in [1.165, 1.54) is 0 Å². The van der Waals surface area contributed by atoms with Gasteiger partial charge >= 0.3 is 0 Å². The van der Waals surface area contributed by atoms with Crippen molar-refractivity contribution < 1.29 is 9.59 Å². The van der Waals surface area contributed by atoms with Crippen LogP contribution in [0.25, 0.3) is 0 Å². The molecular weight excluding hydrogens is 302 g/mol. The van der Waals surface area contributed by atoms with Gasteiger partial charge < -0.3 is 10.6 Å². The molecule has 1 saturated carbocycles. The Labute approximate surface area is 140 Å². The number of aryl methyl sites for hydroxylation is 1. The van der Waals surface area contributed by atoms with Gasteiger partial charge in [0.05, 0.1) is 23.5 Å². The van der Waals surface area contributed by atoms with Crippen LogP contribution in [-0.4, -0.2) is 11.8 Å². The minimum absolute atomic E-state index is 0.134. The zero-order valence-corrected chi connectivity index (χ0v) is 13.2. The van der Waals surface area contributed by atoms with E-state index in [0.717, 1.165) is 11.3 Å². The molecule has 2 N–H and O–H groups in total. The first-order chi connectivity index (χ1) is 11.6. The van der Waals surface area contributed by atoms with Gasteiger partial charge in [0.2, 0.25) is 11.8 Å². The number of anilines is 2. The number of nitriles is 1. The molecule has 0 heterocycles. The topological polar surface area (TPSA) is 82.0 Å². The highest BCUT2D eigenvalue weighted by Crippen LogP contribution is 2.40. The van der Waals surface area contributed by atoms with Crippen molar-refractivity contribution in [2.45, 2.75) is 13.3 Å². The molecule has 1 fully saturated rings.